The average Bonchev–Trinajstić information content (AvgIpc) is 3.33. The van der Waals surface area contributed by atoms with E-state index < -0.39 is 0 Å². The average molecular weight is 329 g/mol. The molecule has 2 aromatic carbocycles. The van der Waals surface area contributed by atoms with E-state index in [-0.39, 0.29) is 0 Å². The van der Waals surface area contributed by atoms with Gasteiger partial charge in [0.2, 0.25) is 0 Å². The normalized spacial score (nSPS) is 12.9. The second-order valence-corrected chi connectivity index (χ2v) is 8.27. The Labute approximate surface area is 139 Å². The van der Waals surface area contributed by atoms with Crippen molar-refractivity contribution >= 4 is 16.4 Å². The maximum atomic E-state index is 3.79. The molecular formula is C21H15P2. The van der Waals surface area contributed by atoms with Crippen molar-refractivity contribution in [3.63, 3.8) is 0 Å². The Kier molecular flexibility index (Phi) is 3.08. The smallest absolute Gasteiger partial charge is 0.00173 e. The summed E-state index contributed by atoms with van der Waals surface area (Å²) in [6.45, 7) is 0. The molecule has 2 heterocycles. The third-order valence-corrected chi connectivity index (χ3v) is 6.78. The van der Waals surface area contributed by atoms with Crippen molar-refractivity contribution in [3.05, 3.63) is 83.4 Å². The summed E-state index contributed by atoms with van der Waals surface area (Å²) in [6.07, 6.45) is 1.02. The molecular weight excluding hydrogens is 314 g/mol. The molecule has 2 unspecified atom stereocenters. The highest BCUT2D eigenvalue weighted by molar-refractivity contribution is 7.34. The second kappa shape index (κ2) is 5.27. The fourth-order valence-electron chi connectivity index (χ4n) is 3.51. The fourth-order valence-corrected chi connectivity index (χ4v) is 5.33. The molecule has 109 valence electrons. The molecule has 2 atom stereocenters. The Morgan fingerprint density at radius 2 is 1.52 bits per heavy atom. The lowest BCUT2D eigenvalue weighted by molar-refractivity contribution is 1.26. The van der Waals surface area contributed by atoms with E-state index in [2.05, 4.69) is 72.3 Å². The maximum absolute atomic E-state index is 3.79. The Balaban J connectivity index is 1.80. The summed E-state index contributed by atoms with van der Waals surface area (Å²) in [4.78, 5) is 0. The van der Waals surface area contributed by atoms with Gasteiger partial charge in [-0.1, -0.05) is 48.5 Å². The maximum Gasteiger partial charge on any atom is 0.00173 e. The molecule has 0 aliphatic heterocycles. The van der Waals surface area contributed by atoms with E-state index in [1.807, 2.05) is 0 Å². The molecule has 0 saturated carbocycles. The Bertz CT molecular complexity index is 977. The number of benzene rings is 2. The molecule has 1 aliphatic rings. The van der Waals surface area contributed by atoms with Gasteiger partial charge in [0, 0.05) is 5.56 Å². The first kappa shape index (κ1) is 13.4. The standard InChI is InChI=1S/C21H15P2/c1-2-6-16-14(5-1)11-15-12-18(20-7-3-9-22-20)19(13-17(15)16)21-8-4-10-23-21/h1-10,13,22-23H,11H2. The highest BCUT2D eigenvalue weighted by Crippen LogP contribution is 2.46. The highest BCUT2D eigenvalue weighted by Gasteiger charge is 2.21. The van der Waals surface area contributed by atoms with Crippen molar-refractivity contribution in [1.29, 1.82) is 0 Å². The van der Waals surface area contributed by atoms with Crippen LogP contribution in [0, 0.1) is 6.07 Å². The lowest BCUT2D eigenvalue weighted by atomic mass is 9.96. The minimum Gasteiger partial charge on any atom is -0.132 e. The molecule has 1 aliphatic carbocycles. The Morgan fingerprint density at radius 3 is 2.30 bits per heavy atom. The Morgan fingerprint density at radius 1 is 0.739 bits per heavy atom. The molecule has 0 spiro atoms. The van der Waals surface area contributed by atoms with E-state index in [9.17, 15) is 0 Å². The van der Waals surface area contributed by atoms with Crippen LogP contribution in [-0.2, 0) is 6.42 Å². The summed E-state index contributed by atoms with van der Waals surface area (Å²) >= 11 is 0. The molecule has 1 radical (unpaired) electrons. The van der Waals surface area contributed by atoms with Crippen LogP contribution < -0.4 is 0 Å². The fraction of sp³-hybridized carbons (Fsp3) is 0.0476. The van der Waals surface area contributed by atoms with Gasteiger partial charge in [0.25, 0.3) is 0 Å². The highest BCUT2D eigenvalue weighted by atomic mass is 31.0. The summed E-state index contributed by atoms with van der Waals surface area (Å²) in [5.74, 6) is 4.53. The van der Waals surface area contributed by atoms with Crippen LogP contribution in [0.25, 0.3) is 32.8 Å². The molecule has 0 fully saturated rings. The lowest BCUT2D eigenvalue weighted by Gasteiger charge is -2.11. The third-order valence-electron chi connectivity index (χ3n) is 4.59. The molecule has 2 aromatic heterocycles. The van der Waals surface area contributed by atoms with Gasteiger partial charge in [-0.15, -0.1) is 16.4 Å². The summed E-state index contributed by atoms with van der Waals surface area (Å²) in [6, 6.07) is 23.9. The zero-order valence-corrected chi connectivity index (χ0v) is 14.6. The first-order valence-electron chi connectivity index (χ1n) is 7.85. The topological polar surface area (TPSA) is 0 Å². The number of hydrogen-bond acceptors (Lipinski definition) is 0. The molecule has 0 amide bonds. The lowest BCUT2D eigenvalue weighted by Crippen LogP contribution is -1.87. The molecule has 5 rings (SSSR count). The summed E-state index contributed by atoms with van der Waals surface area (Å²) in [7, 11) is 1.54. The van der Waals surface area contributed by atoms with Crippen LogP contribution in [0.3, 0.4) is 0 Å². The SMILES string of the molecule is [c]1c2c(cc(-c3ccc[pH]3)c1-c1ccc[pH]1)-c1ccccc1C2. The second-order valence-electron chi connectivity index (χ2n) is 5.95. The van der Waals surface area contributed by atoms with Crippen LogP contribution in [0.1, 0.15) is 11.1 Å². The van der Waals surface area contributed by atoms with Gasteiger partial charge < -0.3 is 0 Å². The van der Waals surface area contributed by atoms with Crippen LogP contribution in [0.15, 0.2) is 66.2 Å². The molecule has 4 aromatic rings. The molecule has 0 bridgehead atoms. The monoisotopic (exact) mass is 329 g/mol. The van der Waals surface area contributed by atoms with Gasteiger partial charge in [-0.05, 0) is 68.6 Å². The first-order valence-corrected chi connectivity index (χ1v) is 10.0. The molecule has 23 heavy (non-hydrogen) atoms. The van der Waals surface area contributed by atoms with Gasteiger partial charge in [-0.2, -0.15) is 0 Å². The molecule has 0 N–H and O–H groups in total. The van der Waals surface area contributed by atoms with Crippen LogP contribution in [0.5, 0.6) is 0 Å². The summed E-state index contributed by atoms with van der Waals surface area (Å²) < 4.78 is 0. The number of hydrogen-bond donors (Lipinski definition) is 0. The Hall–Kier alpha value is -2.00. The van der Waals surface area contributed by atoms with Gasteiger partial charge in [0.1, 0.15) is 0 Å². The summed E-state index contributed by atoms with van der Waals surface area (Å²) in [5, 5.41) is 2.87. The van der Waals surface area contributed by atoms with Crippen molar-refractivity contribution in [1.82, 2.24) is 0 Å². The van der Waals surface area contributed by atoms with Crippen LogP contribution in [0.4, 0.5) is 0 Å². The van der Waals surface area contributed by atoms with E-state index in [0.29, 0.717) is 0 Å². The van der Waals surface area contributed by atoms with Crippen LogP contribution >= 0.6 is 16.4 Å². The van der Waals surface area contributed by atoms with Gasteiger partial charge in [0.05, 0.1) is 0 Å². The molecule has 0 nitrogen and oxygen atoms in total. The van der Waals surface area contributed by atoms with Gasteiger partial charge in [0.15, 0.2) is 0 Å². The van der Waals surface area contributed by atoms with Crippen molar-refractivity contribution in [2.45, 2.75) is 6.42 Å². The van der Waals surface area contributed by atoms with Gasteiger partial charge in [-0.3, -0.25) is 0 Å². The van der Waals surface area contributed by atoms with Gasteiger partial charge in [-0.25, -0.2) is 0 Å². The van der Waals surface area contributed by atoms with Crippen molar-refractivity contribution in [3.8, 4) is 32.8 Å². The van der Waals surface area contributed by atoms with Crippen LogP contribution in [-0.4, -0.2) is 0 Å². The van der Waals surface area contributed by atoms with Crippen molar-refractivity contribution < 1.29 is 0 Å². The molecule has 0 saturated heterocycles. The van der Waals surface area contributed by atoms with E-state index in [1.54, 1.807) is 0 Å². The van der Waals surface area contributed by atoms with Gasteiger partial charge >= 0.3 is 0 Å². The zero-order chi connectivity index (χ0) is 15.2. The van der Waals surface area contributed by atoms with Crippen molar-refractivity contribution in [2.24, 2.45) is 0 Å². The quantitative estimate of drug-likeness (QED) is 0.349. The largest absolute Gasteiger partial charge is 0.132 e. The minimum absolute atomic E-state index is 0.768. The minimum atomic E-state index is 0.768. The molecule has 2 heteroatoms. The third kappa shape index (κ3) is 2.14. The first-order chi connectivity index (χ1) is 11.4. The van der Waals surface area contributed by atoms with E-state index in [1.165, 1.54) is 44.0 Å². The van der Waals surface area contributed by atoms with E-state index in [4.69, 9.17) is 0 Å². The van der Waals surface area contributed by atoms with E-state index in [0.717, 1.165) is 22.8 Å². The van der Waals surface area contributed by atoms with Crippen molar-refractivity contribution in [2.75, 3.05) is 0 Å². The van der Waals surface area contributed by atoms with Crippen LogP contribution in [0.2, 0.25) is 0 Å². The predicted octanol–water partition coefficient (Wildman–Crippen LogP) is 6.45. The number of fused-ring (bicyclic) bond motifs is 3. The number of rotatable bonds is 2. The predicted molar refractivity (Wildman–Crippen MR) is 103 cm³/mol. The zero-order valence-electron chi connectivity index (χ0n) is 12.6. The van der Waals surface area contributed by atoms with E-state index >= 15 is 0 Å². The summed E-state index contributed by atoms with van der Waals surface area (Å²) in [5.41, 5.74) is 8.27.